The molecule has 2 aromatic heterocycles. The van der Waals surface area contributed by atoms with Gasteiger partial charge in [-0.25, -0.2) is 14.5 Å². The van der Waals surface area contributed by atoms with Crippen molar-refractivity contribution >= 4 is 46.9 Å². The van der Waals surface area contributed by atoms with Gasteiger partial charge in [0.25, 0.3) is 17.6 Å². The first kappa shape index (κ1) is 24.5. The van der Waals surface area contributed by atoms with E-state index in [1.165, 1.54) is 24.0 Å². The zero-order chi connectivity index (χ0) is 25.8. The van der Waals surface area contributed by atoms with Crippen LogP contribution in [0.25, 0.3) is 0 Å². The second-order valence-electron chi connectivity index (χ2n) is 7.58. The number of carbonyl (C=O) groups is 3. The molecule has 4 heterocycles. The average Bonchev–Trinajstić information content (AvgIpc) is 2.86. The summed E-state index contributed by atoms with van der Waals surface area (Å²) < 4.78 is 1.66. The van der Waals surface area contributed by atoms with Crippen LogP contribution in [0.1, 0.15) is 5.82 Å². The van der Waals surface area contributed by atoms with E-state index in [1.54, 1.807) is 29.0 Å². The molecule has 0 bridgehead atoms. The van der Waals surface area contributed by atoms with Crippen LogP contribution in [-0.4, -0.2) is 62.1 Å². The summed E-state index contributed by atoms with van der Waals surface area (Å²) in [6, 6.07) is 5.56. The minimum Gasteiger partial charge on any atom is -0.543 e. The van der Waals surface area contributed by atoms with Crippen molar-refractivity contribution in [3.05, 3.63) is 53.8 Å². The summed E-state index contributed by atoms with van der Waals surface area (Å²) in [5.41, 5.74) is 11.5. The molecule has 2 amide bonds. The third kappa shape index (κ3) is 4.77. The lowest BCUT2D eigenvalue weighted by Crippen LogP contribution is -2.71. The number of rotatable bonds is 8. The molecule has 1 fully saturated rings. The number of anilines is 2. The average molecular weight is 509 g/mol. The van der Waals surface area contributed by atoms with Crippen LogP contribution in [0.3, 0.4) is 0 Å². The molecule has 184 valence electrons. The normalized spacial score (nSPS) is 19.1. The lowest BCUT2D eigenvalue weighted by molar-refractivity contribution is -0.674. The Labute approximate surface area is 209 Å². The van der Waals surface area contributed by atoms with E-state index in [0.717, 1.165) is 4.90 Å². The molecule has 0 saturated carbocycles. The fourth-order valence-corrected chi connectivity index (χ4v) is 4.98. The molecule has 0 spiro atoms. The Morgan fingerprint density at radius 2 is 2.19 bits per heavy atom. The molecule has 0 radical (unpaired) electrons. The van der Waals surface area contributed by atoms with E-state index in [-0.39, 0.29) is 42.0 Å². The minimum absolute atomic E-state index is 0.0828. The van der Waals surface area contributed by atoms with Crippen LogP contribution in [0.15, 0.2) is 53.1 Å². The molecule has 2 aliphatic heterocycles. The van der Waals surface area contributed by atoms with Crippen LogP contribution >= 0.6 is 11.8 Å². The van der Waals surface area contributed by atoms with Crippen molar-refractivity contribution in [1.29, 1.82) is 0 Å². The SMILES string of the molecule is C#CCON=C(C(=O)NC1C(=O)N2C(C(=O)[O-])=C(C[n+]3ccccc3N)CS[C@@H]12)c1nccc(N)n1. The van der Waals surface area contributed by atoms with Crippen LogP contribution in [0.5, 0.6) is 0 Å². The number of carboxylic acid groups (broad SMARTS) is 1. The smallest absolute Gasteiger partial charge is 0.278 e. The van der Waals surface area contributed by atoms with Crippen molar-refractivity contribution in [2.45, 2.75) is 18.0 Å². The molecular formula is C22H20N8O5S. The highest BCUT2D eigenvalue weighted by Gasteiger charge is 2.53. The number of pyridine rings is 1. The van der Waals surface area contributed by atoms with E-state index >= 15 is 0 Å². The summed E-state index contributed by atoms with van der Waals surface area (Å²) in [4.78, 5) is 51.9. The quantitative estimate of drug-likeness (QED) is 0.0849. The highest BCUT2D eigenvalue weighted by molar-refractivity contribution is 8.00. The molecule has 2 aliphatic rings. The first-order valence-electron chi connectivity index (χ1n) is 10.5. The first-order chi connectivity index (χ1) is 17.3. The Morgan fingerprint density at radius 3 is 2.89 bits per heavy atom. The van der Waals surface area contributed by atoms with Gasteiger partial charge in [-0.15, -0.1) is 18.2 Å². The Kier molecular flexibility index (Phi) is 7.02. The van der Waals surface area contributed by atoms with Gasteiger partial charge in [0.05, 0.1) is 17.9 Å². The molecule has 14 heteroatoms. The maximum atomic E-state index is 13.0. The van der Waals surface area contributed by atoms with Gasteiger partial charge in [0.15, 0.2) is 12.4 Å². The molecule has 36 heavy (non-hydrogen) atoms. The number of oxime groups is 1. The summed E-state index contributed by atoms with van der Waals surface area (Å²) in [6.07, 6.45) is 8.17. The summed E-state index contributed by atoms with van der Waals surface area (Å²) in [5.74, 6) is -0.0970. The predicted molar refractivity (Wildman–Crippen MR) is 126 cm³/mol. The number of amides is 2. The number of aliphatic carboxylic acids is 1. The molecule has 0 aliphatic carbocycles. The molecule has 5 N–H and O–H groups in total. The number of carbonyl (C=O) groups excluding carboxylic acids is 3. The van der Waals surface area contributed by atoms with Crippen LogP contribution in [0.2, 0.25) is 0 Å². The van der Waals surface area contributed by atoms with Crippen LogP contribution in [0, 0.1) is 12.3 Å². The zero-order valence-electron chi connectivity index (χ0n) is 18.7. The van der Waals surface area contributed by atoms with E-state index in [9.17, 15) is 19.5 Å². The fourth-order valence-electron chi connectivity index (χ4n) is 3.65. The largest absolute Gasteiger partial charge is 0.543 e. The third-order valence-electron chi connectivity index (χ3n) is 5.27. The number of thioether (sulfide) groups is 1. The second kappa shape index (κ2) is 10.3. The Bertz CT molecular complexity index is 1340. The van der Waals surface area contributed by atoms with Gasteiger partial charge in [0, 0.05) is 23.6 Å². The lowest BCUT2D eigenvalue weighted by Gasteiger charge is -2.50. The standard InChI is InChI=1S/C22H20N8O5S/c1-2-9-35-28-15(18-25-7-6-13(23)26-18)19(31)27-16-20(32)30-17(22(33)34)12(11-36-21(16)30)10-29-8-4-3-5-14(29)24/h1,3-8,16,21,24H,9-11H2,(H4,23,25,26,27,31,33,34)/t16?,21-/m0/s1. The molecule has 1 unspecified atom stereocenters. The van der Waals surface area contributed by atoms with E-state index in [0.29, 0.717) is 11.4 Å². The van der Waals surface area contributed by atoms with Crippen molar-refractivity contribution in [3.63, 3.8) is 0 Å². The number of nitrogens with zero attached hydrogens (tertiary/aromatic N) is 5. The third-order valence-corrected chi connectivity index (χ3v) is 6.61. The first-order valence-corrected chi connectivity index (χ1v) is 11.5. The molecule has 2 atom stereocenters. The Hall–Kier alpha value is -4.64. The molecule has 4 rings (SSSR count). The van der Waals surface area contributed by atoms with Gasteiger partial charge in [0.2, 0.25) is 5.71 Å². The molecule has 2 aromatic rings. The monoisotopic (exact) mass is 508 g/mol. The fraction of sp³-hybridized carbons (Fsp3) is 0.227. The van der Waals surface area contributed by atoms with Crippen LogP contribution in [-0.2, 0) is 25.8 Å². The van der Waals surface area contributed by atoms with E-state index in [1.807, 2.05) is 0 Å². The van der Waals surface area contributed by atoms with Crippen molar-refractivity contribution in [3.8, 4) is 12.3 Å². The van der Waals surface area contributed by atoms with Crippen molar-refractivity contribution < 1.29 is 28.9 Å². The summed E-state index contributed by atoms with van der Waals surface area (Å²) in [6.45, 7) is -0.0627. The maximum absolute atomic E-state index is 13.0. The number of hydrogen-bond acceptors (Lipinski definition) is 11. The molecular weight excluding hydrogens is 488 g/mol. The summed E-state index contributed by atoms with van der Waals surface area (Å²) in [7, 11) is 0. The van der Waals surface area contributed by atoms with Gasteiger partial charge in [-0.1, -0.05) is 17.1 Å². The minimum atomic E-state index is -1.50. The van der Waals surface area contributed by atoms with Gasteiger partial charge in [0.1, 0.15) is 23.8 Å². The number of fused-ring (bicyclic) bond motifs is 1. The highest BCUT2D eigenvalue weighted by atomic mass is 32.2. The molecule has 1 saturated heterocycles. The zero-order valence-corrected chi connectivity index (χ0v) is 19.5. The molecule has 0 aromatic carbocycles. The number of aromatic nitrogens is 3. The number of nitrogen functional groups attached to an aromatic ring is 2. The Morgan fingerprint density at radius 1 is 1.39 bits per heavy atom. The van der Waals surface area contributed by atoms with E-state index < -0.39 is 29.2 Å². The van der Waals surface area contributed by atoms with Crippen molar-refractivity contribution in [2.75, 3.05) is 23.8 Å². The number of nitrogens with two attached hydrogens (primary N) is 2. The predicted octanol–water partition coefficient (Wildman–Crippen LogP) is -2.61. The lowest BCUT2D eigenvalue weighted by atomic mass is 10.0. The van der Waals surface area contributed by atoms with Crippen LogP contribution < -0.4 is 26.5 Å². The van der Waals surface area contributed by atoms with Crippen molar-refractivity contribution in [2.24, 2.45) is 5.16 Å². The summed E-state index contributed by atoms with van der Waals surface area (Å²) >= 11 is 1.29. The van der Waals surface area contributed by atoms with Gasteiger partial charge in [-0.3, -0.25) is 20.2 Å². The second-order valence-corrected chi connectivity index (χ2v) is 8.68. The van der Waals surface area contributed by atoms with Gasteiger partial charge >= 0.3 is 0 Å². The summed E-state index contributed by atoms with van der Waals surface area (Å²) in [5, 5.41) is 17.6. The number of hydrogen-bond donors (Lipinski definition) is 3. The number of carboxylic acids is 1. The van der Waals surface area contributed by atoms with Gasteiger partial charge in [-0.2, -0.15) is 0 Å². The van der Waals surface area contributed by atoms with E-state index in [2.05, 4.69) is 26.4 Å². The van der Waals surface area contributed by atoms with Crippen molar-refractivity contribution in [1.82, 2.24) is 20.2 Å². The number of β-lactam (4-membered cyclic amide) rings is 1. The number of nitrogens with one attached hydrogen (secondary N) is 1. The van der Waals surface area contributed by atoms with Gasteiger partial charge < -0.3 is 25.8 Å². The Balaban J connectivity index is 1.55. The highest BCUT2D eigenvalue weighted by Crippen LogP contribution is 2.40. The van der Waals surface area contributed by atoms with Crippen LogP contribution in [0.4, 0.5) is 11.6 Å². The van der Waals surface area contributed by atoms with E-state index in [4.69, 9.17) is 22.7 Å². The van der Waals surface area contributed by atoms with Gasteiger partial charge in [-0.05, 0) is 12.1 Å². The topological polar surface area (TPSA) is 193 Å². The number of terminal acetylenes is 1. The molecule has 13 nitrogen and oxygen atoms in total. The maximum Gasteiger partial charge on any atom is 0.278 e.